The van der Waals surface area contributed by atoms with Crippen molar-refractivity contribution >= 4 is 35.1 Å². The van der Waals surface area contributed by atoms with Crippen LogP contribution in [0.4, 0.5) is 9.18 Å². The van der Waals surface area contributed by atoms with Gasteiger partial charge in [-0.2, -0.15) is 0 Å². The summed E-state index contributed by atoms with van der Waals surface area (Å²) in [7, 11) is 0. The number of urea groups is 1. The molecule has 1 saturated heterocycles. The largest absolute Gasteiger partial charge is 0.376 e. The first-order chi connectivity index (χ1) is 15.8. The van der Waals surface area contributed by atoms with Crippen LogP contribution in [0.2, 0.25) is 10.0 Å². The van der Waals surface area contributed by atoms with Gasteiger partial charge in [0.2, 0.25) is 5.91 Å². The van der Waals surface area contributed by atoms with E-state index in [1.54, 1.807) is 36.4 Å². The van der Waals surface area contributed by atoms with Crippen LogP contribution in [-0.2, 0) is 16.1 Å². The molecule has 0 bridgehead atoms. The third kappa shape index (κ3) is 7.57. The molecule has 1 aliphatic rings. The van der Waals surface area contributed by atoms with Crippen molar-refractivity contribution in [3.05, 3.63) is 69.5 Å². The second kappa shape index (κ2) is 12.2. The summed E-state index contributed by atoms with van der Waals surface area (Å²) >= 11 is 12.2. The zero-order valence-corrected chi connectivity index (χ0v) is 19.8. The number of carbonyl (C=O) groups is 2. The highest BCUT2D eigenvalue weighted by Crippen LogP contribution is 2.31. The lowest BCUT2D eigenvalue weighted by Gasteiger charge is -2.38. The van der Waals surface area contributed by atoms with Crippen molar-refractivity contribution in [3.63, 3.8) is 0 Å². The van der Waals surface area contributed by atoms with Gasteiger partial charge in [0.15, 0.2) is 0 Å². The Hall–Kier alpha value is -2.39. The molecular formula is C23H27Cl2FN4O3. The Morgan fingerprint density at radius 2 is 1.91 bits per heavy atom. The van der Waals surface area contributed by atoms with E-state index < -0.39 is 23.8 Å². The molecule has 0 saturated carbocycles. The van der Waals surface area contributed by atoms with Crippen molar-refractivity contribution < 1.29 is 18.7 Å². The number of amides is 3. The third-order valence-corrected chi connectivity index (χ3v) is 5.90. The number of nitrogens with zero attached hydrogens (tertiary/aromatic N) is 1. The Kier molecular flexibility index (Phi) is 9.31. The zero-order valence-electron chi connectivity index (χ0n) is 18.2. The van der Waals surface area contributed by atoms with Gasteiger partial charge >= 0.3 is 6.03 Å². The quantitative estimate of drug-likeness (QED) is 0.522. The smallest absolute Gasteiger partial charge is 0.315 e. The first-order valence-corrected chi connectivity index (χ1v) is 11.4. The number of ether oxygens (including phenoxy) is 1. The van der Waals surface area contributed by atoms with Gasteiger partial charge in [-0.05, 0) is 36.8 Å². The van der Waals surface area contributed by atoms with E-state index in [0.29, 0.717) is 41.8 Å². The third-order valence-electron chi connectivity index (χ3n) is 5.31. The average Bonchev–Trinajstić information content (AvgIpc) is 2.79. The van der Waals surface area contributed by atoms with Gasteiger partial charge < -0.3 is 20.7 Å². The summed E-state index contributed by atoms with van der Waals surface area (Å²) in [6.45, 7) is 3.83. The summed E-state index contributed by atoms with van der Waals surface area (Å²) in [5.41, 5.74) is 1.21. The molecule has 1 fully saturated rings. The topological polar surface area (TPSA) is 82.7 Å². The number of carbonyl (C=O) groups excluding carboxylic acids is 2. The molecule has 178 valence electrons. The predicted octanol–water partition coefficient (Wildman–Crippen LogP) is 3.51. The SMILES string of the molecule is CC1CN(C(CNC(=O)CNC(=O)NCc2ccc(Cl)cc2)c2c(F)cccc2Cl)CCO1. The molecule has 10 heteroatoms. The number of rotatable bonds is 8. The van der Waals surface area contributed by atoms with Gasteiger partial charge in [-0.25, -0.2) is 9.18 Å². The minimum absolute atomic E-state index is 0.0199. The Labute approximate surface area is 202 Å². The fourth-order valence-corrected chi connectivity index (χ4v) is 4.07. The van der Waals surface area contributed by atoms with Gasteiger partial charge in [0, 0.05) is 41.8 Å². The summed E-state index contributed by atoms with van der Waals surface area (Å²) in [6.07, 6.45) is -0.0199. The van der Waals surface area contributed by atoms with E-state index in [4.69, 9.17) is 27.9 Å². The summed E-state index contributed by atoms with van der Waals surface area (Å²) in [4.78, 5) is 26.4. The first kappa shape index (κ1) is 25.2. The molecule has 3 amide bonds. The van der Waals surface area contributed by atoms with Crippen LogP contribution in [-0.4, -0.2) is 55.7 Å². The van der Waals surface area contributed by atoms with Crippen LogP contribution >= 0.6 is 23.2 Å². The number of nitrogens with one attached hydrogen (secondary N) is 3. The van der Waals surface area contributed by atoms with Crippen molar-refractivity contribution in [2.45, 2.75) is 25.6 Å². The zero-order chi connectivity index (χ0) is 23.8. The normalized spacial score (nSPS) is 17.3. The molecule has 0 radical (unpaired) electrons. The van der Waals surface area contributed by atoms with E-state index in [1.807, 2.05) is 11.8 Å². The summed E-state index contributed by atoms with van der Waals surface area (Å²) in [5.74, 6) is -0.823. The Balaban J connectivity index is 1.53. The second-order valence-corrected chi connectivity index (χ2v) is 8.64. The van der Waals surface area contributed by atoms with Crippen LogP contribution in [0.25, 0.3) is 0 Å². The van der Waals surface area contributed by atoms with E-state index in [2.05, 4.69) is 16.0 Å². The minimum Gasteiger partial charge on any atom is -0.376 e. The van der Waals surface area contributed by atoms with E-state index in [-0.39, 0.29) is 19.2 Å². The highest BCUT2D eigenvalue weighted by atomic mass is 35.5. The number of halogens is 3. The molecule has 1 heterocycles. The van der Waals surface area contributed by atoms with Crippen LogP contribution in [0.15, 0.2) is 42.5 Å². The monoisotopic (exact) mass is 496 g/mol. The predicted molar refractivity (Wildman–Crippen MR) is 126 cm³/mol. The van der Waals surface area contributed by atoms with Crippen molar-refractivity contribution in [1.82, 2.24) is 20.9 Å². The van der Waals surface area contributed by atoms with Gasteiger partial charge in [0.1, 0.15) is 5.82 Å². The molecule has 7 nitrogen and oxygen atoms in total. The van der Waals surface area contributed by atoms with Crippen LogP contribution in [0, 0.1) is 5.82 Å². The van der Waals surface area contributed by atoms with Gasteiger partial charge in [0.05, 0.1) is 25.3 Å². The maximum atomic E-state index is 14.7. The molecule has 2 unspecified atom stereocenters. The van der Waals surface area contributed by atoms with Crippen LogP contribution in [0.5, 0.6) is 0 Å². The van der Waals surface area contributed by atoms with E-state index >= 15 is 0 Å². The number of hydrogen-bond donors (Lipinski definition) is 3. The molecule has 0 aromatic heterocycles. The molecule has 33 heavy (non-hydrogen) atoms. The maximum absolute atomic E-state index is 14.7. The van der Waals surface area contributed by atoms with Crippen molar-refractivity contribution in [3.8, 4) is 0 Å². The molecular weight excluding hydrogens is 470 g/mol. The highest BCUT2D eigenvalue weighted by Gasteiger charge is 2.29. The number of hydrogen-bond acceptors (Lipinski definition) is 4. The summed E-state index contributed by atoms with van der Waals surface area (Å²) in [5, 5.41) is 8.88. The molecule has 2 aromatic rings. The van der Waals surface area contributed by atoms with Crippen molar-refractivity contribution in [1.29, 1.82) is 0 Å². The Morgan fingerprint density at radius 3 is 2.61 bits per heavy atom. The van der Waals surface area contributed by atoms with Gasteiger partial charge in [0.25, 0.3) is 0 Å². The van der Waals surface area contributed by atoms with Crippen molar-refractivity contribution in [2.24, 2.45) is 0 Å². The second-order valence-electron chi connectivity index (χ2n) is 7.79. The molecule has 2 aromatic carbocycles. The Bertz CT molecular complexity index is 941. The van der Waals surface area contributed by atoms with E-state index in [1.165, 1.54) is 6.07 Å². The van der Waals surface area contributed by atoms with E-state index in [0.717, 1.165) is 5.56 Å². The standard InChI is InChI=1S/C23H27Cl2FN4O3/c1-15-14-30(9-10-33-15)20(22-18(25)3-2-4-19(22)26)12-27-21(31)13-29-23(32)28-11-16-5-7-17(24)8-6-16/h2-8,15,20H,9-14H2,1H3,(H,27,31)(H2,28,29,32). The van der Waals surface area contributed by atoms with Crippen LogP contribution in [0.1, 0.15) is 24.1 Å². The maximum Gasteiger partial charge on any atom is 0.315 e. The minimum atomic E-state index is -0.476. The van der Waals surface area contributed by atoms with E-state index in [9.17, 15) is 14.0 Å². The Morgan fingerprint density at radius 1 is 1.15 bits per heavy atom. The van der Waals surface area contributed by atoms with Gasteiger partial charge in [-0.1, -0.05) is 41.4 Å². The molecule has 1 aliphatic heterocycles. The fourth-order valence-electron chi connectivity index (χ4n) is 3.65. The van der Waals surface area contributed by atoms with Crippen LogP contribution < -0.4 is 16.0 Å². The summed E-state index contributed by atoms with van der Waals surface area (Å²) < 4.78 is 20.2. The summed E-state index contributed by atoms with van der Waals surface area (Å²) in [6, 6.07) is 10.7. The molecule has 2 atom stereocenters. The van der Waals surface area contributed by atoms with Crippen molar-refractivity contribution in [2.75, 3.05) is 32.8 Å². The number of benzene rings is 2. The van der Waals surface area contributed by atoms with Gasteiger partial charge in [-0.15, -0.1) is 0 Å². The molecule has 0 aliphatic carbocycles. The highest BCUT2D eigenvalue weighted by molar-refractivity contribution is 6.31. The van der Waals surface area contributed by atoms with Crippen LogP contribution in [0.3, 0.4) is 0 Å². The molecule has 3 N–H and O–H groups in total. The average molecular weight is 497 g/mol. The lowest BCUT2D eigenvalue weighted by molar-refractivity contribution is -0.120. The molecule has 0 spiro atoms. The molecule has 3 rings (SSSR count). The fraction of sp³-hybridized carbons (Fsp3) is 0.391. The van der Waals surface area contributed by atoms with Gasteiger partial charge in [-0.3, -0.25) is 9.69 Å². The first-order valence-electron chi connectivity index (χ1n) is 10.7. The lowest BCUT2D eigenvalue weighted by atomic mass is 10.0. The number of morpholine rings is 1. The lowest BCUT2D eigenvalue weighted by Crippen LogP contribution is -2.48.